The second-order valence-electron chi connectivity index (χ2n) is 5.50. The third kappa shape index (κ3) is 4.46. The monoisotopic (exact) mass is 412 g/mol. The summed E-state index contributed by atoms with van der Waals surface area (Å²) in [6.45, 7) is 0. The van der Waals surface area contributed by atoms with E-state index in [4.69, 9.17) is 5.73 Å². The first-order chi connectivity index (χ1) is 12.7. The van der Waals surface area contributed by atoms with Crippen LogP contribution >= 0.6 is 0 Å². The van der Waals surface area contributed by atoms with Crippen molar-refractivity contribution in [1.29, 1.82) is 0 Å². The average Bonchev–Trinajstić information content (AvgIpc) is 2.60. The zero-order chi connectivity index (χ0) is 19.8. The number of benzene rings is 3. The van der Waals surface area contributed by atoms with Crippen molar-refractivity contribution in [1.82, 2.24) is 0 Å². The number of hydrogen-bond acceptors (Lipinski definition) is 8. The van der Waals surface area contributed by atoms with Gasteiger partial charge in [0.1, 0.15) is 10.6 Å². The van der Waals surface area contributed by atoms with Gasteiger partial charge in [-0.25, -0.2) is 0 Å². The van der Waals surface area contributed by atoms with E-state index in [1.54, 1.807) is 0 Å². The molecule has 0 fully saturated rings. The summed E-state index contributed by atoms with van der Waals surface area (Å²) in [5, 5.41) is 29.1. The van der Waals surface area contributed by atoms with Gasteiger partial charge in [0.15, 0.2) is 5.75 Å². The number of phenols is 1. The number of azo groups is 1. The van der Waals surface area contributed by atoms with Gasteiger partial charge in [-0.15, -0.1) is 5.11 Å². The number of anilines is 1. The van der Waals surface area contributed by atoms with Gasteiger partial charge in [0, 0.05) is 23.2 Å². The second kappa shape index (κ2) is 8.20. The van der Waals surface area contributed by atoms with Crippen LogP contribution in [0.5, 0.6) is 5.75 Å². The molecule has 0 aliphatic rings. The molecule has 28 heavy (non-hydrogen) atoms. The van der Waals surface area contributed by atoms with Gasteiger partial charge < -0.3 is 10.8 Å². The molecule has 0 radical (unpaired) electrons. The summed E-state index contributed by atoms with van der Waals surface area (Å²) in [7, 11) is -4.71. The van der Waals surface area contributed by atoms with Crippen molar-refractivity contribution in [3.63, 3.8) is 0 Å². The number of nitrogens with zero attached hydrogens (tertiary/aromatic N) is 3. The molecule has 0 amide bonds. The molecule has 0 aliphatic carbocycles. The number of fused-ring (bicyclic) bond motifs is 1. The third-order valence-electron chi connectivity index (χ3n) is 3.68. The minimum atomic E-state index is -4.71. The predicted molar refractivity (Wildman–Crippen MR) is 104 cm³/mol. The van der Waals surface area contributed by atoms with Crippen LogP contribution in [0.25, 0.3) is 10.8 Å². The first kappa shape index (κ1) is 21.7. The van der Waals surface area contributed by atoms with Gasteiger partial charge in [-0.3, -0.25) is 14.7 Å². The van der Waals surface area contributed by atoms with Gasteiger partial charge in [0.05, 0.1) is 10.6 Å². The van der Waals surface area contributed by atoms with E-state index >= 15 is 0 Å². The number of nitrogens with two attached hydrogens (primary N) is 1. The zero-order valence-corrected chi connectivity index (χ0v) is 14.3. The molecule has 0 unspecified atom stereocenters. The van der Waals surface area contributed by atoms with E-state index in [0.29, 0.717) is 11.1 Å². The molecule has 0 saturated heterocycles. The molecule has 3 aromatic carbocycles. The molecule has 0 heterocycles. The number of phenolic OH excluding ortho intramolecular Hbond substituents is 1. The number of aromatic hydroxyl groups is 1. The molecule has 3 aromatic rings. The fourth-order valence-electron chi connectivity index (χ4n) is 2.40. The Morgan fingerprint density at radius 3 is 2.25 bits per heavy atom. The summed E-state index contributed by atoms with van der Waals surface area (Å²) in [6, 6.07) is 10.5. The van der Waals surface area contributed by atoms with Crippen molar-refractivity contribution >= 4 is 73.2 Å². The molecule has 0 atom stereocenters. The molecule has 3 rings (SSSR count). The Balaban J connectivity index is 0.00000280. The number of nitro groups is 1. The van der Waals surface area contributed by atoms with Gasteiger partial charge >= 0.3 is 29.6 Å². The fraction of sp³-hybridized carbons (Fsp3) is 0. The van der Waals surface area contributed by atoms with Crippen LogP contribution < -0.4 is 5.73 Å². The summed E-state index contributed by atoms with van der Waals surface area (Å²) in [5.41, 5.74) is 5.55. The van der Waals surface area contributed by atoms with Crippen molar-refractivity contribution in [2.24, 2.45) is 10.2 Å². The van der Waals surface area contributed by atoms with Crippen molar-refractivity contribution in [2.45, 2.75) is 4.90 Å². The Hall–Kier alpha value is -2.57. The molecular weight excluding hydrogens is 399 g/mol. The molecule has 140 valence electrons. The quantitative estimate of drug-likeness (QED) is 0.148. The van der Waals surface area contributed by atoms with E-state index in [9.17, 15) is 28.2 Å². The van der Waals surface area contributed by atoms with E-state index in [2.05, 4.69) is 10.2 Å². The molecule has 0 aliphatic heterocycles. The van der Waals surface area contributed by atoms with Gasteiger partial charge in [-0.05, 0) is 35.7 Å². The van der Waals surface area contributed by atoms with Crippen LogP contribution in [0.3, 0.4) is 0 Å². The van der Waals surface area contributed by atoms with Crippen molar-refractivity contribution in [3.05, 3.63) is 58.6 Å². The maximum absolute atomic E-state index is 11.7. The van der Waals surface area contributed by atoms with Crippen LogP contribution in [-0.2, 0) is 10.1 Å². The zero-order valence-electron chi connectivity index (χ0n) is 13.5. The van der Waals surface area contributed by atoms with Gasteiger partial charge in [-0.2, -0.15) is 13.5 Å². The van der Waals surface area contributed by atoms with Gasteiger partial charge in [-0.1, -0.05) is 6.07 Å². The predicted octanol–water partition coefficient (Wildman–Crippen LogP) is 3.05. The summed E-state index contributed by atoms with van der Waals surface area (Å²) >= 11 is 0. The standard InChI is InChI=1S/C16H12N4O6S.Na.H/c17-10-2-1-9-7-14(27(24,25)26)15(16(21)13(9)8-10)19-18-11-3-5-12(6-4-11)20(22)23;;/h1-8,21H,17H2,(H,24,25,26);;. The van der Waals surface area contributed by atoms with Crippen LogP contribution in [0.2, 0.25) is 0 Å². The van der Waals surface area contributed by atoms with E-state index in [0.717, 1.165) is 6.07 Å². The van der Waals surface area contributed by atoms with Crippen LogP contribution in [0, 0.1) is 10.1 Å². The molecule has 10 nitrogen and oxygen atoms in total. The molecule has 0 spiro atoms. The maximum atomic E-state index is 11.7. The normalized spacial score (nSPS) is 11.5. The third-order valence-corrected chi connectivity index (χ3v) is 4.55. The van der Waals surface area contributed by atoms with Gasteiger partial charge in [0.2, 0.25) is 0 Å². The SMILES string of the molecule is Nc1ccc2cc(S(=O)(=O)O)c(N=Nc3ccc([N+](=O)[O-])cc3)c(O)c2c1.[NaH]. The molecule has 0 aromatic heterocycles. The Morgan fingerprint density at radius 2 is 1.68 bits per heavy atom. The summed E-state index contributed by atoms with van der Waals surface area (Å²) in [6.07, 6.45) is 0. The van der Waals surface area contributed by atoms with Crippen LogP contribution in [-0.4, -0.2) is 52.6 Å². The number of non-ortho nitro benzene ring substituents is 1. The molecule has 0 saturated carbocycles. The Labute approximate surface area is 180 Å². The number of rotatable bonds is 4. The van der Waals surface area contributed by atoms with Crippen molar-refractivity contribution in [3.8, 4) is 5.75 Å². The molecule has 4 N–H and O–H groups in total. The van der Waals surface area contributed by atoms with Crippen molar-refractivity contribution in [2.75, 3.05) is 5.73 Å². The molecule has 12 heteroatoms. The summed E-state index contributed by atoms with van der Waals surface area (Å²) < 4.78 is 32.8. The van der Waals surface area contributed by atoms with E-state index < -0.39 is 31.4 Å². The van der Waals surface area contributed by atoms with Gasteiger partial charge in [0.25, 0.3) is 15.8 Å². The topological polar surface area (TPSA) is 168 Å². The van der Waals surface area contributed by atoms with E-state index in [1.165, 1.54) is 42.5 Å². The molecular formula is C16H13N4NaO6S. The van der Waals surface area contributed by atoms with Crippen LogP contribution in [0.15, 0.2) is 63.7 Å². The second-order valence-corrected chi connectivity index (χ2v) is 6.89. The number of nitro benzene ring substituents is 1. The first-order valence-corrected chi connectivity index (χ1v) is 8.80. The van der Waals surface area contributed by atoms with Crippen molar-refractivity contribution < 1.29 is 23.0 Å². The van der Waals surface area contributed by atoms with E-state index in [-0.39, 0.29) is 46.3 Å². The van der Waals surface area contributed by atoms with Crippen LogP contribution in [0.1, 0.15) is 0 Å². The van der Waals surface area contributed by atoms with Crippen LogP contribution in [0.4, 0.5) is 22.7 Å². The Kier molecular flexibility index (Phi) is 6.37. The summed E-state index contributed by atoms with van der Waals surface area (Å²) in [4.78, 5) is 9.43. The number of nitrogen functional groups attached to an aromatic ring is 1. The summed E-state index contributed by atoms with van der Waals surface area (Å²) in [5.74, 6) is -0.530. The van der Waals surface area contributed by atoms with E-state index in [1.807, 2.05) is 0 Å². The number of hydrogen-bond donors (Lipinski definition) is 3. The Morgan fingerprint density at radius 1 is 1.04 bits per heavy atom. The average molecular weight is 412 g/mol. The molecule has 0 bridgehead atoms. The minimum absolute atomic E-state index is 0. The first-order valence-electron chi connectivity index (χ1n) is 7.36. The fourth-order valence-corrected chi connectivity index (χ4v) is 3.06. The Bertz CT molecular complexity index is 1200.